The maximum atomic E-state index is 11.1. The van der Waals surface area contributed by atoms with Gasteiger partial charge >= 0.3 is 0 Å². The summed E-state index contributed by atoms with van der Waals surface area (Å²) in [7, 11) is 3.39. The fourth-order valence-corrected chi connectivity index (χ4v) is 2.37. The van der Waals surface area contributed by atoms with Crippen molar-refractivity contribution in [3.05, 3.63) is 64.7 Å². The van der Waals surface area contributed by atoms with Crippen LogP contribution in [0.15, 0.2) is 47.5 Å². The van der Waals surface area contributed by atoms with Gasteiger partial charge in [0, 0.05) is 31.3 Å². The lowest BCUT2D eigenvalue weighted by Gasteiger charge is -2.14. The summed E-state index contributed by atoms with van der Waals surface area (Å²) in [6.45, 7) is 3.22. The quantitative estimate of drug-likeness (QED) is 0.346. The molecule has 26 heavy (non-hydrogen) atoms. The van der Waals surface area contributed by atoms with Crippen molar-refractivity contribution >= 4 is 35.8 Å². The number of methoxy groups -OCH3 is 1. The van der Waals surface area contributed by atoms with Crippen molar-refractivity contribution in [2.45, 2.75) is 20.0 Å². The zero-order valence-electron chi connectivity index (χ0n) is 15.2. The second kappa shape index (κ2) is 10.6. The number of halogens is 1. The molecule has 7 heteroatoms. The predicted octanol–water partition coefficient (Wildman–Crippen LogP) is 2.59. The van der Waals surface area contributed by atoms with Gasteiger partial charge in [-0.2, -0.15) is 0 Å². The van der Waals surface area contributed by atoms with Gasteiger partial charge in [-0.3, -0.25) is 9.79 Å². The third-order valence-corrected chi connectivity index (χ3v) is 3.81. The van der Waals surface area contributed by atoms with Gasteiger partial charge in [0.05, 0.1) is 7.11 Å². The Balaban J connectivity index is 0.00000338. The molecule has 6 nitrogen and oxygen atoms in total. The number of hydrogen-bond acceptors (Lipinski definition) is 3. The molecular weight excluding hydrogens is 443 g/mol. The molecule has 0 saturated carbocycles. The van der Waals surface area contributed by atoms with Crippen molar-refractivity contribution in [1.29, 1.82) is 0 Å². The first kappa shape index (κ1) is 21.8. The summed E-state index contributed by atoms with van der Waals surface area (Å²) in [5.74, 6) is 1.11. The van der Waals surface area contributed by atoms with E-state index in [2.05, 4.69) is 21.7 Å². The summed E-state index contributed by atoms with van der Waals surface area (Å²) in [5, 5.41) is 6.50. The van der Waals surface area contributed by atoms with Crippen LogP contribution < -0.4 is 21.1 Å². The van der Waals surface area contributed by atoms with Gasteiger partial charge < -0.3 is 21.1 Å². The lowest BCUT2D eigenvalue weighted by molar-refractivity contribution is 0.100. The van der Waals surface area contributed by atoms with E-state index in [0.717, 1.165) is 22.4 Å². The van der Waals surface area contributed by atoms with E-state index in [1.165, 1.54) is 0 Å². The zero-order valence-corrected chi connectivity index (χ0v) is 17.5. The number of nitrogens with zero attached hydrogens (tertiary/aromatic N) is 1. The van der Waals surface area contributed by atoms with Crippen LogP contribution in [-0.2, 0) is 13.1 Å². The van der Waals surface area contributed by atoms with E-state index < -0.39 is 5.91 Å². The molecule has 0 bridgehead atoms. The average Bonchev–Trinajstić information content (AvgIpc) is 2.63. The number of ether oxygens (including phenoxy) is 1. The van der Waals surface area contributed by atoms with Crippen LogP contribution in [0.25, 0.3) is 0 Å². The highest BCUT2D eigenvalue weighted by Gasteiger charge is 2.05. The Morgan fingerprint density at radius 1 is 1.12 bits per heavy atom. The first-order valence-electron chi connectivity index (χ1n) is 8.00. The standard InChI is InChI=1S/C19H24N4O2.HI/c1-13-4-7-16(17(10-13)25-3)12-23-19(21-2)22-11-14-5-8-15(9-6-14)18(20)24;/h4-10H,11-12H2,1-3H3,(H2,20,24)(H2,21,22,23);1H. The van der Waals surface area contributed by atoms with Gasteiger partial charge in [-0.25, -0.2) is 0 Å². The summed E-state index contributed by atoms with van der Waals surface area (Å²) < 4.78 is 5.41. The molecule has 0 radical (unpaired) electrons. The monoisotopic (exact) mass is 468 g/mol. The number of nitrogens with two attached hydrogens (primary N) is 1. The summed E-state index contributed by atoms with van der Waals surface area (Å²) in [6.07, 6.45) is 0. The van der Waals surface area contributed by atoms with E-state index >= 15 is 0 Å². The topological polar surface area (TPSA) is 88.7 Å². The second-order valence-electron chi connectivity index (χ2n) is 5.66. The first-order valence-corrected chi connectivity index (χ1v) is 8.00. The Labute approximate surface area is 171 Å². The minimum absolute atomic E-state index is 0. The second-order valence-corrected chi connectivity index (χ2v) is 5.66. The van der Waals surface area contributed by atoms with E-state index in [1.54, 1.807) is 26.3 Å². The van der Waals surface area contributed by atoms with E-state index in [9.17, 15) is 4.79 Å². The average molecular weight is 468 g/mol. The smallest absolute Gasteiger partial charge is 0.248 e. The minimum Gasteiger partial charge on any atom is -0.496 e. The molecule has 4 N–H and O–H groups in total. The van der Waals surface area contributed by atoms with Crippen molar-refractivity contribution in [2.24, 2.45) is 10.7 Å². The molecule has 0 unspecified atom stereocenters. The fraction of sp³-hybridized carbons (Fsp3) is 0.263. The van der Waals surface area contributed by atoms with E-state index in [4.69, 9.17) is 10.5 Å². The van der Waals surface area contributed by atoms with Crippen LogP contribution in [0.1, 0.15) is 27.0 Å². The van der Waals surface area contributed by atoms with Crippen LogP contribution in [-0.4, -0.2) is 26.0 Å². The van der Waals surface area contributed by atoms with Crippen LogP contribution in [0.5, 0.6) is 5.75 Å². The molecule has 2 aromatic rings. The van der Waals surface area contributed by atoms with Crippen molar-refractivity contribution in [2.75, 3.05) is 14.2 Å². The molecule has 0 heterocycles. The number of nitrogens with one attached hydrogen (secondary N) is 2. The first-order chi connectivity index (χ1) is 12.0. The van der Waals surface area contributed by atoms with Crippen molar-refractivity contribution in [1.82, 2.24) is 10.6 Å². The normalized spacial score (nSPS) is 10.7. The zero-order chi connectivity index (χ0) is 18.2. The Morgan fingerprint density at radius 2 is 1.77 bits per heavy atom. The van der Waals surface area contributed by atoms with E-state index in [0.29, 0.717) is 24.6 Å². The molecule has 0 aliphatic rings. The molecule has 0 saturated heterocycles. The molecule has 0 aromatic heterocycles. The van der Waals surface area contributed by atoms with Gasteiger partial charge in [0.25, 0.3) is 0 Å². The highest BCUT2D eigenvalue weighted by molar-refractivity contribution is 14.0. The largest absolute Gasteiger partial charge is 0.496 e. The third-order valence-electron chi connectivity index (χ3n) is 3.81. The number of aryl methyl sites for hydroxylation is 1. The molecular formula is C19H25IN4O2. The van der Waals surface area contributed by atoms with Gasteiger partial charge in [0.15, 0.2) is 5.96 Å². The van der Waals surface area contributed by atoms with Gasteiger partial charge in [-0.1, -0.05) is 24.3 Å². The molecule has 2 rings (SSSR count). The number of guanidine groups is 1. The van der Waals surface area contributed by atoms with Gasteiger partial charge in [0.1, 0.15) is 5.75 Å². The van der Waals surface area contributed by atoms with E-state index in [1.807, 2.05) is 31.2 Å². The lowest BCUT2D eigenvalue weighted by atomic mass is 10.1. The van der Waals surface area contributed by atoms with Crippen molar-refractivity contribution < 1.29 is 9.53 Å². The highest BCUT2D eigenvalue weighted by atomic mass is 127. The number of carbonyl (C=O) groups is 1. The Morgan fingerprint density at radius 3 is 2.35 bits per heavy atom. The van der Waals surface area contributed by atoms with Crippen molar-refractivity contribution in [3.63, 3.8) is 0 Å². The Bertz CT molecular complexity index is 761. The summed E-state index contributed by atoms with van der Waals surface area (Å²) in [6, 6.07) is 13.3. The Hall–Kier alpha value is -2.29. The van der Waals surface area contributed by atoms with Gasteiger partial charge in [-0.15, -0.1) is 24.0 Å². The summed E-state index contributed by atoms with van der Waals surface area (Å²) in [4.78, 5) is 15.3. The molecule has 0 aliphatic carbocycles. The summed E-state index contributed by atoms with van der Waals surface area (Å²) in [5.41, 5.74) is 8.98. The number of hydrogen-bond donors (Lipinski definition) is 3. The molecule has 1 amide bonds. The molecule has 2 aromatic carbocycles. The minimum atomic E-state index is -0.427. The maximum absolute atomic E-state index is 11.1. The molecule has 0 atom stereocenters. The lowest BCUT2D eigenvalue weighted by Crippen LogP contribution is -2.36. The number of aliphatic imine (C=N–C) groups is 1. The van der Waals surface area contributed by atoms with Crippen LogP contribution >= 0.6 is 24.0 Å². The SMILES string of the molecule is CN=C(NCc1ccc(C(N)=O)cc1)NCc1ccc(C)cc1OC.I. The number of benzene rings is 2. The number of carbonyl (C=O) groups excluding carboxylic acids is 1. The molecule has 0 spiro atoms. The van der Waals surface area contributed by atoms with E-state index in [-0.39, 0.29) is 24.0 Å². The predicted molar refractivity (Wildman–Crippen MR) is 115 cm³/mol. The molecule has 0 aliphatic heterocycles. The van der Waals surface area contributed by atoms with Crippen molar-refractivity contribution in [3.8, 4) is 5.75 Å². The third kappa shape index (κ3) is 6.21. The molecule has 140 valence electrons. The molecule has 0 fully saturated rings. The highest BCUT2D eigenvalue weighted by Crippen LogP contribution is 2.19. The van der Waals surface area contributed by atoms with Crippen LogP contribution in [0, 0.1) is 6.92 Å². The summed E-state index contributed by atoms with van der Waals surface area (Å²) >= 11 is 0. The van der Waals surface area contributed by atoms with Crippen LogP contribution in [0.2, 0.25) is 0 Å². The Kier molecular flexibility index (Phi) is 8.91. The van der Waals surface area contributed by atoms with Gasteiger partial charge in [0.2, 0.25) is 5.91 Å². The number of amides is 1. The van der Waals surface area contributed by atoms with Crippen LogP contribution in [0.4, 0.5) is 0 Å². The van der Waals surface area contributed by atoms with Gasteiger partial charge in [-0.05, 0) is 36.2 Å². The maximum Gasteiger partial charge on any atom is 0.248 e. The fourth-order valence-electron chi connectivity index (χ4n) is 2.37. The number of primary amides is 1. The number of rotatable bonds is 6. The van der Waals surface area contributed by atoms with Crippen LogP contribution in [0.3, 0.4) is 0 Å².